The predicted molar refractivity (Wildman–Crippen MR) is 75.6 cm³/mol. The van der Waals surface area contributed by atoms with Gasteiger partial charge in [0.15, 0.2) is 0 Å². The Morgan fingerprint density at radius 2 is 2.10 bits per heavy atom. The third-order valence-corrected chi connectivity index (χ3v) is 3.54. The van der Waals surface area contributed by atoms with Crippen molar-refractivity contribution >= 4 is 17.7 Å². The summed E-state index contributed by atoms with van der Waals surface area (Å²) in [6, 6.07) is 6.85. The SMILES string of the molecule is COc1ccccc1CCC(=O)N1CC(=O)NC(=O)C1C. The maximum atomic E-state index is 12.2. The summed E-state index contributed by atoms with van der Waals surface area (Å²) in [6.07, 6.45) is 0.729. The van der Waals surface area contributed by atoms with Gasteiger partial charge in [0.1, 0.15) is 18.3 Å². The first-order chi connectivity index (χ1) is 10.0. The van der Waals surface area contributed by atoms with E-state index in [1.807, 2.05) is 24.3 Å². The lowest BCUT2D eigenvalue weighted by molar-refractivity contribution is -0.149. The fourth-order valence-electron chi connectivity index (χ4n) is 2.31. The number of carbonyl (C=O) groups is 3. The van der Waals surface area contributed by atoms with E-state index < -0.39 is 17.9 Å². The summed E-state index contributed by atoms with van der Waals surface area (Å²) >= 11 is 0. The van der Waals surface area contributed by atoms with Gasteiger partial charge in [-0.2, -0.15) is 0 Å². The number of hydrogen-bond donors (Lipinski definition) is 1. The van der Waals surface area contributed by atoms with Crippen LogP contribution < -0.4 is 10.1 Å². The molecule has 3 amide bonds. The number of amides is 3. The van der Waals surface area contributed by atoms with Gasteiger partial charge in [-0.3, -0.25) is 19.7 Å². The molecular formula is C15H18N2O4. The highest BCUT2D eigenvalue weighted by molar-refractivity contribution is 6.04. The van der Waals surface area contributed by atoms with E-state index in [0.29, 0.717) is 6.42 Å². The molecule has 1 saturated heterocycles. The van der Waals surface area contributed by atoms with E-state index in [0.717, 1.165) is 11.3 Å². The minimum atomic E-state index is -0.618. The molecule has 0 bridgehead atoms. The fraction of sp³-hybridized carbons (Fsp3) is 0.400. The second-order valence-corrected chi connectivity index (χ2v) is 4.92. The lowest BCUT2D eigenvalue weighted by Gasteiger charge is -2.31. The van der Waals surface area contributed by atoms with Crippen molar-refractivity contribution in [2.24, 2.45) is 0 Å². The average molecular weight is 290 g/mol. The van der Waals surface area contributed by atoms with E-state index in [9.17, 15) is 14.4 Å². The Hall–Kier alpha value is -2.37. The molecule has 6 nitrogen and oxygen atoms in total. The quantitative estimate of drug-likeness (QED) is 0.819. The predicted octanol–water partition coefficient (Wildman–Crippen LogP) is 0.501. The van der Waals surface area contributed by atoms with Gasteiger partial charge in [0, 0.05) is 6.42 Å². The molecule has 112 valence electrons. The van der Waals surface area contributed by atoms with Crippen LogP contribution in [-0.2, 0) is 20.8 Å². The molecule has 1 aliphatic heterocycles. The van der Waals surface area contributed by atoms with Gasteiger partial charge in [-0.15, -0.1) is 0 Å². The first kappa shape index (κ1) is 15.0. The van der Waals surface area contributed by atoms with Crippen molar-refractivity contribution in [2.75, 3.05) is 13.7 Å². The number of para-hydroxylation sites is 1. The van der Waals surface area contributed by atoms with Gasteiger partial charge >= 0.3 is 0 Å². The zero-order chi connectivity index (χ0) is 15.4. The highest BCUT2D eigenvalue weighted by atomic mass is 16.5. The Morgan fingerprint density at radius 1 is 1.38 bits per heavy atom. The Kier molecular flexibility index (Phi) is 4.57. The number of benzene rings is 1. The van der Waals surface area contributed by atoms with Crippen molar-refractivity contribution < 1.29 is 19.1 Å². The fourth-order valence-corrected chi connectivity index (χ4v) is 2.31. The zero-order valence-electron chi connectivity index (χ0n) is 12.1. The van der Waals surface area contributed by atoms with Crippen LogP contribution in [0.1, 0.15) is 18.9 Å². The molecule has 2 rings (SSSR count). The molecular weight excluding hydrogens is 272 g/mol. The third-order valence-electron chi connectivity index (χ3n) is 3.54. The lowest BCUT2D eigenvalue weighted by Crippen LogP contribution is -2.58. The molecule has 1 unspecified atom stereocenters. The highest BCUT2D eigenvalue weighted by Gasteiger charge is 2.33. The Balaban J connectivity index is 2.01. The second kappa shape index (κ2) is 6.39. The third kappa shape index (κ3) is 3.39. The van der Waals surface area contributed by atoms with Crippen LogP contribution in [0.3, 0.4) is 0 Å². The molecule has 0 aliphatic carbocycles. The normalized spacial score (nSPS) is 18.4. The van der Waals surface area contributed by atoms with E-state index in [1.54, 1.807) is 14.0 Å². The van der Waals surface area contributed by atoms with Crippen molar-refractivity contribution in [3.63, 3.8) is 0 Å². The molecule has 1 N–H and O–H groups in total. The molecule has 21 heavy (non-hydrogen) atoms. The zero-order valence-corrected chi connectivity index (χ0v) is 12.1. The number of carbonyl (C=O) groups excluding carboxylic acids is 3. The van der Waals surface area contributed by atoms with E-state index >= 15 is 0 Å². The topological polar surface area (TPSA) is 75.7 Å². The molecule has 1 fully saturated rings. The van der Waals surface area contributed by atoms with E-state index in [1.165, 1.54) is 4.90 Å². The minimum absolute atomic E-state index is 0.0718. The van der Waals surface area contributed by atoms with Crippen molar-refractivity contribution in [2.45, 2.75) is 25.8 Å². The van der Waals surface area contributed by atoms with Gasteiger partial charge in [0.05, 0.1) is 7.11 Å². The summed E-state index contributed by atoms with van der Waals surface area (Å²) in [7, 11) is 1.58. The molecule has 1 aliphatic rings. The summed E-state index contributed by atoms with van der Waals surface area (Å²) in [6.45, 7) is 1.54. The van der Waals surface area contributed by atoms with Crippen LogP contribution in [0.4, 0.5) is 0 Å². The van der Waals surface area contributed by atoms with Gasteiger partial charge < -0.3 is 9.64 Å². The van der Waals surface area contributed by atoms with Crippen LogP contribution in [0.5, 0.6) is 5.75 Å². The van der Waals surface area contributed by atoms with E-state index in [-0.39, 0.29) is 18.9 Å². The number of methoxy groups -OCH3 is 1. The standard InChI is InChI=1S/C15H18N2O4/c1-10-15(20)16-13(18)9-17(10)14(19)8-7-11-5-3-4-6-12(11)21-2/h3-6,10H,7-9H2,1-2H3,(H,16,18,20). The molecule has 1 aromatic carbocycles. The number of imide groups is 1. The molecule has 0 radical (unpaired) electrons. The van der Waals surface area contributed by atoms with Gasteiger partial charge in [-0.25, -0.2) is 0 Å². The van der Waals surface area contributed by atoms with E-state index in [4.69, 9.17) is 4.74 Å². The smallest absolute Gasteiger partial charge is 0.249 e. The van der Waals surface area contributed by atoms with Crippen molar-refractivity contribution in [3.8, 4) is 5.75 Å². The molecule has 1 aromatic rings. The average Bonchev–Trinajstić information content (AvgIpc) is 2.48. The summed E-state index contributed by atoms with van der Waals surface area (Å²) in [5, 5.41) is 2.21. The summed E-state index contributed by atoms with van der Waals surface area (Å²) < 4.78 is 5.24. The maximum Gasteiger partial charge on any atom is 0.249 e. The van der Waals surface area contributed by atoms with Gasteiger partial charge in [0.2, 0.25) is 17.7 Å². The van der Waals surface area contributed by atoms with Crippen LogP contribution >= 0.6 is 0 Å². The number of piperazine rings is 1. The van der Waals surface area contributed by atoms with Crippen LogP contribution in [0.15, 0.2) is 24.3 Å². The summed E-state index contributed by atoms with van der Waals surface area (Å²) in [4.78, 5) is 36.5. The molecule has 6 heteroatoms. The molecule has 1 heterocycles. The number of nitrogens with one attached hydrogen (secondary N) is 1. The Bertz CT molecular complexity index is 571. The van der Waals surface area contributed by atoms with Crippen LogP contribution in [0, 0.1) is 0 Å². The number of rotatable bonds is 4. The first-order valence-electron chi connectivity index (χ1n) is 6.78. The van der Waals surface area contributed by atoms with Crippen molar-refractivity contribution in [1.29, 1.82) is 0 Å². The van der Waals surface area contributed by atoms with Gasteiger partial charge in [0.25, 0.3) is 0 Å². The van der Waals surface area contributed by atoms with Gasteiger partial charge in [-0.1, -0.05) is 18.2 Å². The summed E-state index contributed by atoms with van der Waals surface area (Å²) in [5.74, 6) is -0.358. The van der Waals surface area contributed by atoms with Crippen LogP contribution in [0.2, 0.25) is 0 Å². The second-order valence-electron chi connectivity index (χ2n) is 4.92. The summed E-state index contributed by atoms with van der Waals surface area (Å²) in [5.41, 5.74) is 0.925. The first-order valence-corrected chi connectivity index (χ1v) is 6.78. The largest absolute Gasteiger partial charge is 0.496 e. The number of nitrogens with zero attached hydrogens (tertiary/aromatic N) is 1. The molecule has 0 spiro atoms. The lowest BCUT2D eigenvalue weighted by atomic mass is 10.1. The number of ether oxygens (including phenoxy) is 1. The van der Waals surface area contributed by atoms with Crippen LogP contribution in [-0.4, -0.2) is 42.3 Å². The number of aryl methyl sites for hydroxylation is 1. The van der Waals surface area contributed by atoms with Gasteiger partial charge in [-0.05, 0) is 25.0 Å². The Labute approximate surface area is 123 Å². The van der Waals surface area contributed by atoms with E-state index in [2.05, 4.69) is 5.32 Å². The number of hydrogen-bond acceptors (Lipinski definition) is 4. The monoisotopic (exact) mass is 290 g/mol. The maximum absolute atomic E-state index is 12.2. The Morgan fingerprint density at radius 3 is 2.81 bits per heavy atom. The molecule has 0 aromatic heterocycles. The van der Waals surface area contributed by atoms with Crippen molar-refractivity contribution in [1.82, 2.24) is 10.2 Å². The molecule has 0 saturated carbocycles. The molecule has 1 atom stereocenters. The minimum Gasteiger partial charge on any atom is -0.496 e. The highest BCUT2D eigenvalue weighted by Crippen LogP contribution is 2.19. The van der Waals surface area contributed by atoms with Crippen LogP contribution in [0.25, 0.3) is 0 Å². The van der Waals surface area contributed by atoms with Crippen molar-refractivity contribution in [3.05, 3.63) is 29.8 Å².